The third kappa shape index (κ3) is 2.34. The Morgan fingerprint density at radius 1 is 1.61 bits per heavy atom. The van der Waals surface area contributed by atoms with Crippen LogP contribution in [0.25, 0.3) is 0 Å². The second kappa shape index (κ2) is 5.40. The lowest BCUT2D eigenvalue weighted by atomic mass is 10.1. The number of hydrogen-bond donors (Lipinski definition) is 0. The minimum Gasteiger partial charge on any atom is -0.496 e. The van der Waals surface area contributed by atoms with Gasteiger partial charge in [-0.1, -0.05) is 15.9 Å². The fraction of sp³-hybridized carbons (Fsp3) is 0.385. The van der Waals surface area contributed by atoms with Gasteiger partial charge in [-0.05, 0) is 31.0 Å². The Morgan fingerprint density at radius 3 is 3.06 bits per heavy atom. The van der Waals surface area contributed by atoms with Crippen LogP contribution in [0.15, 0.2) is 22.7 Å². The van der Waals surface area contributed by atoms with E-state index in [1.807, 2.05) is 0 Å². The van der Waals surface area contributed by atoms with Crippen LogP contribution in [0, 0.1) is 11.3 Å². The Kier molecular flexibility index (Phi) is 3.87. The lowest BCUT2D eigenvalue weighted by Gasteiger charge is -2.20. The number of nitrogens with zero attached hydrogens (tertiary/aromatic N) is 2. The molecule has 94 valence electrons. The van der Waals surface area contributed by atoms with Crippen LogP contribution in [-0.2, 0) is 0 Å². The summed E-state index contributed by atoms with van der Waals surface area (Å²) in [6.07, 6.45) is 1.63. The molecule has 2 rings (SSSR count). The van der Waals surface area contributed by atoms with Crippen molar-refractivity contribution in [2.75, 3.05) is 13.7 Å². The molecular weight excluding hydrogens is 296 g/mol. The van der Waals surface area contributed by atoms with Crippen molar-refractivity contribution < 1.29 is 9.53 Å². The fourth-order valence-electron chi connectivity index (χ4n) is 2.14. The number of hydrogen-bond acceptors (Lipinski definition) is 3. The van der Waals surface area contributed by atoms with Crippen molar-refractivity contribution in [1.82, 2.24) is 4.90 Å². The smallest absolute Gasteiger partial charge is 0.258 e. The monoisotopic (exact) mass is 308 g/mol. The highest BCUT2D eigenvalue weighted by atomic mass is 79.9. The Bertz CT molecular complexity index is 510. The highest BCUT2D eigenvalue weighted by Crippen LogP contribution is 2.27. The maximum absolute atomic E-state index is 12.4. The van der Waals surface area contributed by atoms with Gasteiger partial charge in [-0.2, -0.15) is 5.26 Å². The van der Waals surface area contributed by atoms with Crippen LogP contribution in [0.2, 0.25) is 0 Å². The van der Waals surface area contributed by atoms with E-state index < -0.39 is 0 Å². The maximum Gasteiger partial charge on any atom is 0.258 e. The van der Waals surface area contributed by atoms with Crippen molar-refractivity contribution in [1.29, 1.82) is 5.26 Å². The standard InChI is InChI=1S/C13H13BrN2O2/c1-18-12-7-9(14)4-5-11(12)13(17)16-6-2-3-10(16)8-15/h4-5,7,10H,2-3,6H2,1H3. The fourth-order valence-corrected chi connectivity index (χ4v) is 2.48. The first-order chi connectivity index (χ1) is 8.67. The van der Waals surface area contributed by atoms with Crippen molar-refractivity contribution in [3.05, 3.63) is 28.2 Å². The molecule has 1 amide bonds. The van der Waals surface area contributed by atoms with Crippen LogP contribution < -0.4 is 4.74 Å². The van der Waals surface area contributed by atoms with E-state index in [1.165, 1.54) is 7.11 Å². The molecule has 0 aromatic heterocycles. The second-order valence-electron chi connectivity index (χ2n) is 4.13. The molecule has 1 unspecified atom stereocenters. The van der Waals surface area contributed by atoms with Crippen LogP contribution in [-0.4, -0.2) is 30.5 Å². The van der Waals surface area contributed by atoms with Gasteiger partial charge in [0.2, 0.25) is 0 Å². The normalized spacial score (nSPS) is 18.5. The average molecular weight is 309 g/mol. The summed E-state index contributed by atoms with van der Waals surface area (Å²) in [4.78, 5) is 14.0. The Balaban J connectivity index is 2.31. The summed E-state index contributed by atoms with van der Waals surface area (Å²) in [5, 5.41) is 9.02. The molecule has 0 spiro atoms. The van der Waals surface area contributed by atoms with Gasteiger partial charge in [0.15, 0.2) is 0 Å². The topological polar surface area (TPSA) is 53.3 Å². The summed E-state index contributed by atoms with van der Waals surface area (Å²) in [5.74, 6) is 0.390. The number of carbonyl (C=O) groups is 1. The van der Waals surface area contributed by atoms with E-state index in [9.17, 15) is 4.79 Å². The third-order valence-electron chi connectivity index (χ3n) is 3.06. The van der Waals surface area contributed by atoms with Crippen LogP contribution >= 0.6 is 15.9 Å². The van der Waals surface area contributed by atoms with Gasteiger partial charge in [-0.15, -0.1) is 0 Å². The van der Waals surface area contributed by atoms with E-state index >= 15 is 0 Å². The molecule has 0 bridgehead atoms. The molecule has 1 aromatic carbocycles. The van der Waals surface area contributed by atoms with E-state index in [2.05, 4.69) is 22.0 Å². The van der Waals surface area contributed by atoms with Gasteiger partial charge < -0.3 is 9.64 Å². The van der Waals surface area contributed by atoms with Crippen molar-refractivity contribution >= 4 is 21.8 Å². The summed E-state index contributed by atoms with van der Waals surface area (Å²) in [6, 6.07) is 7.13. The zero-order valence-electron chi connectivity index (χ0n) is 10.0. The second-order valence-corrected chi connectivity index (χ2v) is 5.05. The molecule has 1 heterocycles. The molecule has 18 heavy (non-hydrogen) atoms. The maximum atomic E-state index is 12.4. The van der Waals surface area contributed by atoms with Crippen molar-refractivity contribution in [3.63, 3.8) is 0 Å². The van der Waals surface area contributed by atoms with Gasteiger partial charge in [0.25, 0.3) is 5.91 Å². The van der Waals surface area contributed by atoms with Crippen LogP contribution in [0.1, 0.15) is 23.2 Å². The molecule has 1 aromatic rings. The predicted molar refractivity (Wildman–Crippen MR) is 70.4 cm³/mol. The average Bonchev–Trinajstić information content (AvgIpc) is 2.86. The third-order valence-corrected chi connectivity index (χ3v) is 3.55. The van der Waals surface area contributed by atoms with Gasteiger partial charge in [-0.3, -0.25) is 4.79 Å². The quantitative estimate of drug-likeness (QED) is 0.844. The Labute approximate surface area is 114 Å². The molecule has 0 saturated carbocycles. The minimum atomic E-state index is -0.314. The zero-order chi connectivity index (χ0) is 13.1. The number of methoxy groups -OCH3 is 1. The number of carbonyl (C=O) groups excluding carboxylic acids is 1. The van der Waals surface area contributed by atoms with E-state index in [1.54, 1.807) is 23.1 Å². The van der Waals surface area contributed by atoms with E-state index in [4.69, 9.17) is 10.00 Å². The van der Waals surface area contributed by atoms with Crippen LogP contribution in [0.4, 0.5) is 0 Å². The van der Waals surface area contributed by atoms with Crippen LogP contribution in [0.5, 0.6) is 5.75 Å². The molecule has 0 radical (unpaired) electrons. The Morgan fingerprint density at radius 2 is 2.39 bits per heavy atom. The molecule has 0 N–H and O–H groups in total. The predicted octanol–water partition coefficient (Wildman–Crippen LogP) is 2.59. The molecule has 1 aliphatic heterocycles. The number of rotatable bonds is 2. The highest BCUT2D eigenvalue weighted by Gasteiger charge is 2.30. The molecule has 1 fully saturated rings. The molecule has 1 saturated heterocycles. The number of likely N-dealkylation sites (tertiary alicyclic amines) is 1. The molecule has 1 atom stereocenters. The van der Waals surface area contributed by atoms with Gasteiger partial charge in [-0.25, -0.2) is 0 Å². The van der Waals surface area contributed by atoms with Crippen molar-refractivity contribution in [2.24, 2.45) is 0 Å². The largest absolute Gasteiger partial charge is 0.496 e. The van der Waals surface area contributed by atoms with E-state index in [0.717, 1.165) is 17.3 Å². The van der Waals surface area contributed by atoms with Crippen molar-refractivity contribution in [3.8, 4) is 11.8 Å². The lowest BCUT2D eigenvalue weighted by Crippen LogP contribution is -2.34. The summed E-state index contributed by atoms with van der Waals surface area (Å²) in [6.45, 7) is 0.635. The number of halogens is 1. The van der Waals surface area contributed by atoms with Crippen molar-refractivity contribution in [2.45, 2.75) is 18.9 Å². The van der Waals surface area contributed by atoms with E-state index in [-0.39, 0.29) is 11.9 Å². The molecule has 4 nitrogen and oxygen atoms in total. The van der Waals surface area contributed by atoms with Gasteiger partial charge in [0.1, 0.15) is 11.8 Å². The SMILES string of the molecule is COc1cc(Br)ccc1C(=O)N1CCCC1C#N. The summed E-state index contributed by atoms with van der Waals surface area (Å²) < 4.78 is 6.07. The lowest BCUT2D eigenvalue weighted by molar-refractivity contribution is 0.0761. The van der Waals surface area contributed by atoms with Crippen LogP contribution in [0.3, 0.4) is 0 Å². The number of benzene rings is 1. The van der Waals surface area contributed by atoms with E-state index in [0.29, 0.717) is 17.9 Å². The van der Waals surface area contributed by atoms with Gasteiger partial charge >= 0.3 is 0 Å². The zero-order valence-corrected chi connectivity index (χ0v) is 11.6. The number of nitriles is 1. The first kappa shape index (κ1) is 12.9. The van der Waals surface area contributed by atoms with Gasteiger partial charge in [0, 0.05) is 11.0 Å². The molecular formula is C13H13BrN2O2. The first-order valence-corrected chi connectivity index (χ1v) is 6.51. The first-order valence-electron chi connectivity index (χ1n) is 5.71. The summed E-state index contributed by atoms with van der Waals surface area (Å²) in [7, 11) is 1.53. The minimum absolute atomic E-state index is 0.136. The van der Waals surface area contributed by atoms with Gasteiger partial charge in [0.05, 0.1) is 18.7 Å². The highest BCUT2D eigenvalue weighted by molar-refractivity contribution is 9.10. The molecule has 1 aliphatic rings. The summed E-state index contributed by atoms with van der Waals surface area (Å²) >= 11 is 3.34. The Hall–Kier alpha value is -1.54. The summed E-state index contributed by atoms with van der Waals surface area (Å²) in [5.41, 5.74) is 0.503. The number of ether oxygens (including phenoxy) is 1. The molecule has 5 heteroatoms. The number of amides is 1. The molecule has 0 aliphatic carbocycles.